The number of hydrogen-bond acceptors (Lipinski definition) is 1. The van der Waals surface area contributed by atoms with E-state index in [0.717, 1.165) is 18.2 Å². The number of alkyl halides is 17. The van der Waals surface area contributed by atoms with Crippen molar-refractivity contribution in [3.05, 3.63) is 34.9 Å². The van der Waals surface area contributed by atoms with Crippen molar-refractivity contribution >= 4 is 11.6 Å². The molecule has 210 valence electrons. The Morgan fingerprint density at radius 2 is 0.917 bits per heavy atom. The first kappa shape index (κ1) is 32.3. The van der Waals surface area contributed by atoms with Gasteiger partial charge in [0.2, 0.25) is 0 Å². The van der Waals surface area contributed by atoms with Crippen molar-refractivity contribution in [2.24, 2.45) is 0 Å². The van der Waals surface area contributed by atoms with Gasteiger partial charge in [0.05, 0.1) is 12.0 Å². The van der Waals surface area contributed by atoms with Crippen molar-refractivity contribution in [3.8, 4) is 0 Å². The SMILES string of the molecule is CC(O)(CC(F)(F)C(F)(F)C(F)(F)C(F)(F)C(F)(F)C(F)(F)C(F)(F)C(F)(F)F)c1ccccc1Cl. The Labute approximate surface area is 193 Å². The third-order valence-electron chi connectivity index (χ3n) is 4.81. The number of rotatable bonds is 9. The summed E-state index contributed by atoms with van der Waals surface area (Å²) in [7, 11) is 0. The van der Waals surface area contributed by atoms with Gasteiger partial charge >= 0.3 is 47.6 Å². The zero-order valence-electron chi connectivity index (χ0n) is 16.8. The van der Waals surface area contributed by atoms with Crippen molar-refractivity contribution in [2.75, 3.05) is 0 Å². The molecule has 0 spiro atoms. The van der Waals surface area contributed by atoms with Gasteiger partial charge in [-0.2, -0.15) is 74.6 Å². The summed E-state index contributed by atoms with van der Waals surface area (Å²) in [5.41, 5.74) is -4.37. The summed E-state index contributed by atoms with van der Waals surface area (Å²) in [5.74, 6) is -57.2. The highest BCUT2D eigenvalue weighted by molar-refractivity contribution is 6.31. The lowest BCUT2D eigenvalue weighted by Gasteiger charge is -2.43. The Morgan fingerprint density at radius 3 is 1.28 bits per heavy atom. The zero-order chi connectivity index (χ0) is 29.2. The molecule has 0 saturated carbocycles. The number of benzene rings is 1. The maximum Gasteiger partial charge on any atom is 0.460 e. The van der Waals surface area contributed by atoms with Gasteiger partial charge in [0, 0.05) is 10.6 Å². The summed E-state index contributed by atoms with van der Waals surface area (Å²) in [5, 5.41) is 9.30. The van der Waals surface area contributed by atoms with Gasteiger partial charge in [0.25, 0.3) is 0 Å². The quantitative estimate of drug-likeness (QED) is 0.291. The lowest BCUT2D eigenvalue weighted by atomic mass is 9.83. The molecule has 19 heteroatoms. The minimum Gasteiger partial charge on any atom is -0.385 e. The van der Waals surface area contributed by atoms with Crippen LogP contribution in [0.15, 0.2) is 24.3 Å². The maximum atomic E-state index is 14.1. The molecule has 0 saturated heterocycles. The molecule has 1 nitrogen and oxygen atoms in total. The number of halogens is 18. The molecule has 0 amide bonds. The van der Waals surface area contributed by atoms with Crippen LogP contribution in [0.3, 0.4) is 0 Å². The molecule has 1 aromatic carbocycles. The molecule has 0 bridgehead atoms. The Balaban J connectivity index is 3.64. The topological polar surface area (TPSA) is 20.2 Å². The van der Waals surface area contributed by atoms with E-state index in [0.29, 0.717) is 6.07 Å². The monoisotopic (exact) mass is 588 g/mol. The summed E-state index contributed by atoms with van der Waals surface area (Å²) in [4.78, 5) is 0. The molecular formula is C17H10ClF17O. The van der Waals surface area contributed by atoms with Gasteiger partial charge in [0.15, 0.2) is 0 Å². The summed E-state index contributed by atoms with van der Waals surface area (Å²) >= 11 is 5.50. The molecule has 1 atom stereocenters. The Bertz CT molecular complexity index is 951. The molecule has 0 aromatic heterocycles. The minimum atomic E-state index is -8.70. The van der Waals surface area contributed by atoms with Crippen molar-refractivity contribution in [1.82, 2.24) is 0 Å². The van der Waals surface area contributed by atoms with E-state index in [4.69, 9.17) is 11.6 Å². The van der Waals surface area contributed by atoms with Crippen LogP contribution in [-0.4, -0.2) is 52.7 Å². The van der Waals surface area contributed by atoms with E-state index in [1.54, 1.807) is 0 Å². The average Bonchev–Trinajstić information content (AvgIpc) is 2.65. The first-order valence-electron chi connectivity index (χ1n) is 8.66. The smallest absolute Gasteiger partial charge is 0.385 e. The van der Waals surface area contributed by atoms with E-state index < -0.39 is 70.2 Å². The van der Waals surface area contributed by atoms with E-state index in [1.807, 2.05) is 0 Å². The second kappa shape index (κ2) is 8.66. The molecule has 0 fully saturated rings. The van der Waals surface area contributed by atoms with Crippen molar-refractivity contribution in [3.63, 3.8) is 0 Å². The molecule has 1 aromatic rings. The Hall–Kier alpha value is -1.72. The van der Waals surface area contributed by atoms with Crippen LogP contribution in [-0.2, 0) is 5.60 Å². The predicted octanol–water partition coefficient (Wildman–Crippen LogP) is 7.95. The second-order valence-corrected chi connectivity index (χ2v) is 7.99. The highest BCUT2D eigenvalue weighted by Crippen LogP contribution is 2.64. The Morgan fingerprint density at radius 1 is 0.583 bits per heavy atom. The van der Waals surface area contributed by atoms with Crippen LogP contribution in [0.1, 0.15) is 18.9 Å². The lowest BCUT2D eigenvalue weighted by molar-refractivity contribution is -0.462. The van der Waals surface area contributed by atoms with E-state index in [9.17, 15) is 79.7 Å². The average molecular weight is 589 g/mol. The van der Waals surface area contributed by atoms with Gasteiger partial charge in [-0.25, -0.2) is 0 Å². The van der Waals surface area contributed by atoms with Gasteiger partial charge in [0.1, 0.15) is 0 Å². The van der Waals surface area contributed by atoms with Gasteiger partial charge < -0.3 is 5.11 Å². The predicted molar refractivity (Wildman–Crippen MR) is 86.3 cm³/mol. The van der Waals surface area contributed by atoms with Crippen LogP contribution in [0.25, 0.3) is 0 Å². The van der Waals surface area contributed by atoms with Crippen molar-refractivity contribution in [1.29, 1.82) is 0 Å². The normalized spacial score (nSPS) is 17.2. The van der Waals surface area contributed by atoms with E-state index in [2.05, 4.69) is 0 Å². The molecule has 0 aliphatic heterocycles. The third kappa shape index (κ3) is 4.45. The summed E-state index contributed by atoms with van der Waals surface area (Å²) in [6.07, 6.45) is -10.9. The zero-order valence-corrected chi connectivity index (χ0v) is 17.5. The van der Waals surface area contributed by atoms with Crippen molar-refractivity contribution in [2.45, 2.75) is 66.6 Å². The maximum absolute atomic E-state index is 14.1. The molecule has 0 radical (unpaired) electrons. The van der Waals surface area contributed by atoms with Crippen LogP contribution in [0, 0.1) is 0 Å². The lowest BCUT2D eigenvalue weighted by Crippen LogP contribution is -2.74. The molecule has 1 N–H and O–H groups in total. The molecule has 1 rings (SSSR count). The molecule has 0 heterocycles. The third-order valence-corrected chi connectivity index (χ3v) is 5.14. The van der Waals surface area contributed by atoms with Crippen LogP contribution >= 0.6 is 11.6 Å². The highest BCUT2D eigenvalue weighted by Gasteiger charge is 2.95. The fourth-order valence-corrected chi connectivity index (χ4v) is 3.07. The highest BCUT2D eigenvalue weighted by atomic mass is 35.5. The van der Waals surface area contributed by atoms with E-state index >= 15 is 0 Å². The molecular weight excluding hydrogens is 579 g/mol. The Kier molecular flexibility index (Phi) is 7.77. The summed E-state index contributed by atoms with van der Waals surface area (Å²) in [6.45, 7) is 0.182. The molecule has 36 heavy (non-hydrogen) atoms. The van der Waals surface area contributed by atoms with Gasteiger partial charge in [-0.3, -0.25) is 0 Å². The first-order valence-corrected chi connectivity index (χ1v) is 9.04. The second-order valence-electron chi connectivity index (χ2n) is 7.58. The van der Waals surface area contributed by atoms with Gasteiger partial charge in [-0.15, -0.1) is 0 Å². The van der Waals surface area contributed by atoms with E-state index in [-0.39, 0.29) is 6.92 Å². The minimum absolute atomic E-state index is 0.182. The van der Waals surface area contributed by atoms with Crippen LogP contribution in [0.2, 0.25) is 5.02 Å². The number of aliphatic hydroxyl groups is 1. The largest absolute Gasteiger partial charge is 0.460 e. The van der Waals surface area contributed by atoms with Crippen LogP contribution in [0.4, 0.5) is 74.6 Å². The van der Waals surface area contributed by atoms with Crippen LogP contribution < -0.4 is 0 Å². The molecule has 1 unspecified atom stereocenters. The number of hydrogen-bond donors (Lipinski definition) is 1. The van der Waals surface area contributed by atoms with Gasteiger partial charge in [-0.05, 0) is 13.0 Å². The van der Waals surface area contributed by atoms with Gasteiger partial charge in [-0.1, -0.05) is 29.8 Å². The van der Waals surface area contributed by atoms with Crippen LogP contribution in [0.5, 0.6) is 0 Å². The van der Waals surface area contributed by atoms with Crippen molar-refractivity contribution < 1.29 is 79.7 Å². The summed E-state index contributed by atoms with van der Waals surface area (Å²) in [6, 6.07) is 3.45. The molecule has 0 aliphatic rings. The fourth-order valence-electron chi connectivity index (χ4n) is 2.73. The standard InChI is InChI=1S/C17H10ClF17O/c1-9(36,7-4-2-3-5-8(7)18)6-10(19,20)11(21,22)12(23,24)13(25,26)14(27,28)15(29,30)16(31,32)17(33,34)35/h2-5,36H,6H2,1H3. The summed E-state index contributed by atoms with van der Waals surface area (Å²) < 4.78 is 226. The fraction of sp³-hybridized carbons (Fsp3) is 0.647. The first-order chi connectivity index (χ1) is 15.5. The van der Waals surface area contributed by atoms with E-state index in [1.165, 1.54) is 0 Å². The molecule has 0 aliphatic carbocycles.